The molecule has 4 atom stereocenters. The summed E-state index contributed by atoms with van der Waals surface area (Å²) in [5.41, 5.74) is 1.41. The first kappa shape index (κ1) is 11.1. The van der Waals surface area contributed by atoms with Gasteiger partial charge in [-0.3, -0.25) is 0 Å². The molecule has 2 aliphatic carbocycles. The maximum absolute atomic E-state index is 6.74. The quantitative estimate of drug-likeness (QED) is 0.646. The number of hydrogen-bond acceptors (Lipinski definition) is 1. The van der Waals surface area contributed by atoms with E-state index in [0.717, 1.165) is 17.8 Å². The van der Waals surface area contributed by atoms with E-state index in [2.05, 4.69) is 19.9 Å². The summed E-state index contributed by atoms with van der Waals surface area (Å²) < 4.78 is 0. The summed E-state index contributed by atoms with van der Waals surface area (Å²) in [6, 6.07) is 2.28. The lowest BCUT2D eigenvalue weighted by atomic mass is 9.85. The fourth-order valence-electron chi connectivity index (χ4n) is 3.78. The average Bonchev–Trinajstić information content (AvgIpc) is 2.91. The van der Waals surface area contributed by atoms with Gasteiger partial charge in [0.1, 0.15) is 0 Å². The second kappa shape index (κ2) is 4.03. The summed E-state index contributed by atoms with van der Waals surface area (Å²) >= 11 is 8.64. The Hall–Kier alpha value is -0.0100. The van der Waals surface area contributed by atoms with Gasteiger partial charge in [-0.05, 0) is 62.5 Å². The summed E-state index contributed by atoms with van der Waals surface area (Å²) in [6.45, 7) is 4.40. The fraction of sp³-hybridized carbons (Fsp3) is 0.714. The number of alkyl halides is 1. The lowest BCUT2D eigenvalue weighted by Crippen LogP contribution is -2.15. The zero-order valence-corrected chi connectivity index (χ0v) is 11.6. The van der Waals surface area contributed by atoms with E-state index in [0.29, 0.717) is 0 Å². The third kappa shape index (κ3) is 1.73. The van der Waals surface area contributed by atoms with Crippen molar-refractivity contribution < 1.29 is 0 Å². The minimum Gasteiger partial charge on any atom is -0.144 e. The minimum absolute atomic E-state index is 0.286. The van der Waals surface area contributed by atoms with E-state index in [4.69, 9.17) is 11.6 Å². The first-order valence-corrected chi connectivity index (χ1v) is 7.61. The molecule has 0 saturated heterocycles. The van der Waals surface area contributed by atoms with Gasteiger partial charge in [0, 0.05) is 9.75 Å². The third-order valence-corrected chi connectivity index (χ3v) is 6.41. The van der Waals surface area contributed by atoms with Crippen LogP contribution in [0.1, 0.15) is 46.4 Å². The van der Waals surface area contributed by atoms with Crippen LogP contribution in [-0.2, 0) is 0 Å². The molecule has 2 heteroatoms. The van der Waals surface area contributed by atoms with Gasteiger partial charge >= 0.3 is 0 Å². The van der Waals surface area contributed by atoms with Gasteiger partial charge in [-0.2, -0.15) is 0 Å². The summed E-state index contributed by atoms with van der Waals surface area (Å²) in [6.07, 6.45) is 5.74. The van der Waals surface area contributed by atoms with Gasteiger partial charge < -0.3 is 0 Å². The molecule has 3 rings (SSSR count). The second-order valence-corrected chi connectivity index (χ2v) is 7.40. The molecule has 0 radical (unpaired) electrons. The van der Waals surface area contributed by atoms with Gasteiger partial charge in [0.15, 0.2) is 0 Å². The highest BCUT2D eigenvalue weighted by Crippen LogP contribution is 2.55. The average molecular weight is 255 g/mol. The van der Waals surface area contributed by atoms with Crippen molar-refractivity contribution in [2.24, 2.45) is 17.8 Å². The van der Waals surface area contributed by atoms with Gasteiger partial charge in [-0.15, -0.1) is 22.9 Å². The van der Waals surface area contributed by atoms with Gasteiger partial charge in [-0.1, -0.05) is 6.42 Å². The van der Waals surface area contributed by atoms with Gasteiger partial charge in [-0.25, -0.2) is 0 Å². The molecule has 1 aromatic heterocycles. The van der Waals surface area contributed by atoms with E-state index < -0.39 is 0 Å². The SMILES string of the molecule is Cc1cc(C)c(C(Cl)C2CC3CCC2C3)s1. The van der Waals surface area contributed by atoms with Crippen molar-refractivity contribution in [3.05, 3.63) is 21.4 Å². The summed E-state index contributed by atoms with van der Waals surface area (Å²) in [7, 11) is 0. The fourth-order valence-corrected chi connectivity index (χ4v) is 5.48. The number of fused-ring (bicyclic) bond motifs is 2. The van der Waals surface area contributed by atoms with Crippen LogP contribution < -0.4 is 0 Å². The second-order valence-electron chi connectivity index (χ2n) is 5.64. The summed E-state index contributed by atoms with van der Waals surface area (Å²) in [4.78, 5) is 2.85. The molecule has 0 amide bonds. The molecule has 2 aliphatic rings. The summed E-state index contributed by atoms with van der Waals surface area (Å²) in [5.74, 6) is 2.68. The molecule has 0 nitrogen and oxygen atoms in total. The molecule has 16 heavy (non-hydrogen) atoms. The highest BCUT2D eigenvalue weighted by atomic mass is 35.5. The Bertz CT molecular complexity index is 395. The Morgan fingerprint density at radius 2 is 2.12 bits per heavy atom. The van der Waals surface area contributed by atoms with Gasteiger partial charge in [0.05, 0.1) is 5.38 Å². The van der Waals surface area contributed by atoms with E-state index in [1.807, 2.05) is 11.3 Å². The first-order chi connectivity index (χ1) is 7.65. The molecule has 2 fully saturated rings. The van der Waals surface area contributed by atoms with E-state index in [1.165, 1.54) is 41.0 Å². The smallest absolute Gasteiger partial charge is 0.0712 e. The molecule has 0 aromatic carbocycles. The monoisotopic (exact) mass is 254 g/mol. The maximum Gasteiger partial charge on any atom is 0.0712 e. The molecule has 1 heterocycles. The van der Waals surface area contributed by atoms with Crippen LogP contribution in [-0.4, -0.2) is 0 Å². The third-order valence-electron chi connectivity index (χ3n) is 4.50. The van der Waals surface area contributed by atoms with Crippen molar-refractivity contribution >= 4 is 22.9 Å². The van der Waals surface area contributed by atoms with Crippen molar-refractivity contribution in [2.45, 2.75) is 44.9 Å². The maximum atomic E-state index is 6.74. The Kier molecular flexibility index (Phi) is 2.79. The molecule has 2 bridgehead atoms. The highest BCUT2D eigenvalue weighted by molar-refractivity contribution is 7.12. The number of thiophene rings is 1. The van der Waals surface area contributed by atoms with Gasteiger partial charge in [0.2, 0.25) is 0 Å². The van der Waals surface area contributed by atoms with E-state index >= 15 is 0 Å². The van der Waals surface area contributed by atoms with Gasteiger partial charge in [0.25, 0.3) is 0 Å². The van der Waals surface area contributed by atoms with Crippen molar-refractivity contribution in [1.29, 1.82) is 0 Å². The molecule has 0 aliphatic heterocycles. The topological polar surface area (TPSA) is 0 Å². The van der Waals surface area contributed by atoms with Crippen LogP contribution in [0.25, 0.3) is 0 Å². The molecule has 0 N–H and O–H groups in total. The van der Waals surface area contributed by atoms with E-state index in [9.17, 15) is 0 Å². The largest absolute Gasteiger partial charge is 0.144 e. The van der Waals surface area contributed by atoms with Crippen LogP contribution in [0.3, 0.4) is 0 Å². The molecule has 88 valence electrons. The van der Waals surface area contributed by atoms with Crippen LogP contribution >= 0.6 is 22.9 Å². The number of hydrogen-bond donors (Lipinski definition) is 0. The molecule has 1 aromatic rings. The zero-order valence-electron chi connectivity index (χ0n) is 10.0. The predicted octanol–water partition coefficient (Wildman–Crippen LogP) is 5.08. The standard InChI is InChI=1S/C14H19ClS/c1-8-5-9(2)16-14(8)13(15)12-7-10-3-4-11(12)6-10/h5,10-13H,3-4,6-7H2,1-2H3. The summed E-state index contributed by atoms with van der Waals surface area (Å²) in [5, 5.41) is 0.286. The minimum atomic E-state index is 0.286. The number of rotatable bonds is 2. The van der Waals surface area contributed by atoms with Crippen molar-refractivity contribution in [3.63, 3.8) is 0 Å². The predicted molar refractivity (Wildman–Crippen MR) is 71.3 cm³/mol. The number of aryl methyl sites for hydroxylation is 2. The molecule has 0 spiro atoms. The van der Waals surface area contributed by atoms with Crippen LogP contribution in [0.2, 0.25) is 0 Å². The van der Waals surface area contributed by atoms with Crippen LogP contribution in [0.5, 0.6) is 0 Å². The lowest BCUT2D eigenvalue weighted by molar-refractivity contribution is 0.325. The van der Waals surface area contributed by atoms with Crippen molar-refractivity contribution in [3.8, 4) is 0 Å². The first-order valence-electron chi connectivity index (χ1n) is 6.36. The Morgan fingerprint density at radius 3 is 2.62 bits per heavy atom. The molecule has 2 saturated carbocycles. The highest BCUT2D eigenvalue weighted by Gasteiger charge is 2.43. The number of halogens is 1. The lowest BCUT2D eigenvalue weighted by Gasteiger charge is -2.26. The van der Waals surface area contributed by atoms with Crippen molar-refractivity contribution in [1.82, 2.24) is 0 Å². The molecule has 4 unspecified atom stereocenters. The molecular weight excluding hydrogens is 236 g/mol. The Balaban J connectivity index is 1.82. The van der Waals surface area contributed by atoms with E-state index in [-0.39, 0.29) is 5.38 Å². The molecular formula is C14H19ClS. The Morgan fingerprint density at radius 1 is 1.31 bits per heavy atom. The van der Waals surface area contributed by atoms with Crippen molar-refractivity contribution in [2.75, 3.05) is 0 Å². The zero-order chi connectivity index (χ0) is 11.3. The normalized spacial score (nSPS) is 34.6. The van der Waals surface area contributed by atoms with Crippen LogP contribution in [0.15, 0.2) is 6.07 Å². The Labute approximate surface area is 107 Å². The van der Waals surface area contributed by atoms with Crippen LogP contribution in [0.4, 0.5) is 0 Å². The van der Waals surface area contributed by atoms with E-state index in [1.54, 1.807) is 0 Å². The van der Waals surface area contributed by atoms with Crippen LogP contribution in [0, 0.1) is 31.6 Å².